The van der Waals surface area contributed by atoms with Crippen LogP contribution in [0.1, 0.15) is 27.2 Å². The van der Waals surface area contributed by atoms with Crippen molar-refractivity contribution in [2.24, 2.45) is 7.05 Å². The van der Waals surface area contributed by atoms with E-state index in [4.69, 9.17) is 4.74 Å². The Morgan fingerprint density at radius 2 is 1.83 bits per heavy atom. The molecule has 1 aliphatic heterocycles. The molecular weight excluding hydrogens is 374 g/mol. The van der Waals surface area contributed by atoms with Crippen molar-refractivity contribution in [2.75, 3.05) is 44.7 Å². The fraction of sp³-hybridized carbons (Fsp3) is 0.400. The predicted octanol–water partition coefficient (Wildman–Crippen LogP) is 2.70. The molecule has 1 aromatic heterocycles. The van der Waals surface area contributed by atoms with Crippen molar-refractivity contribution in [3.8, 4) is 5.75 Å². The van der Waals surface area contributed by atoms with Crippen molar-refractivity contribution < 1.29 is 14.4 Å². The summed E-state index contributed by atoms with van der Waals surface area (Å²) >= 11 is 0. The molecule has 5 heteroatoms. The molecule has 4 rings (SSSR count). The van der Waals surface area contributed by atoms with Crippen LogP contribution in [0.3, 0.4) is 0 Å². The van der Waals surface area contributed by atoms with E-state index in [-0.39, 0.29) is 5.78 Å². The maximum absolute atomic E-state index is 13.3. The zero-order valence-corrected chi connectivity index (χ0v) is 18.7. The quantitative estimate of drug-likeness (QED) is 0.662. The fourth-order valence-electron chi connectivity index (χ4n) is 4.66. The maximum atomic E-state index is 13.3. The first kappa shape index (κ1) is 20.5. The Morgan fingerprint density at radius 1 is 1.10 bits per heavy atom. The Kier molecular flexibility index (Phi) is 5.56. The van der Waals surface area contributed by atoms with E-state index < -0.39 is 0 Å². The molecule has 0 unspecified atom stereocenters. The number of hydrogen-bond donors (Lipinski definition) is 1. The second-order valence-electron chi connectivity index (χ2n) is 8.46. The van der Waals surface area contributed by atoms with Gasteiger partial charge in [0.05, 0.1) is 38.9 Å². The molecule has 0 bridgehead atoms. The topological polar surface area (TPSA) is 38.9 Å². The molecule has 30 heavy (non-hydrogen) atoms. The molecule has 0 saturated carbocycles. The highest BCUT2D eigenvalue weighted by Gasteiger charge is 2.26. The number of nitrogens with zero attached hydrogens (tertiary/aromatic N) is 2. The van der Waals surface area contributed by atoms with Crippen LogP contribution >= 0.6 is 0 Å². The molecule has 1 fully saturated rings. The molecular formula is C25H32N3O2+. The fourth-order valence-corrected chi connectivity index (χ4v) is 4.66. The van der Waals surface area contributed by atoms with Gasteiger partial charge in [0.25, 0.3) is 0 Å². The lowest BCUT2D eigenvalue weighted by Gasteiger charge is -2.34. The summed E-state index contributed by atoms with van der Waals surface area (Å²) in [6, 6.07) is 12.5. The zero-order valence-electron chi connectivity index (χ0n) is 18.7. The smallest absolute Gasteiger partial charge is 0.219 e. The molecule has 5 nitrogen and oxygen atoms in total. The molecule has 0 atom stereocenters. The average molecular weight is 407 g/mol. The van der Waals surface area contributed by atoms with E-state index in [9.17, 15) is 4.79 Å². The molecule has 0 spiro atoms. The Balaban J connectivity index is 1.49. The summed E-state index contributed by atoms with van der Waals surface area (Å²) in [6.45, 7) is 10.9. The highest BCUT2D eigenvalue weighted by atomic mass is 16.5. The largest absolute Gasteiger partial charge is 0.497 e. The van der Waals surface area contributed by atoms with Gasteiger partial charge in [0.2, 0.25) is 5.78 Å². The van der Waals surface area contributed by atoms with Gasteiger partial charge in [-0.05, 0) is 56.2 Å². The number of ketones is 1. The number of quaternary nitrogens is 1. The minimum Gasteiger partial charge on any atom is -0.497 e. The number of aromatic nitrogens is 1. The van der Waals surface area contributed by atoms with Gasteiger partial charge in [-0.25, -0.2) is 0 Å². The van der Waals surface area contributed by atoms with Crippen LogP contribution in [0.15, 0.2) is 36.4 Å². The number of anilines is 1. The number of fused-ring (bicyclic) bond motifs is 1. The van der Waals surface area contributed by atoms with Crippen LogP contribution in [-0.4, -0.2) is 50.2 Å². The van der Waals surface area contributed by atoms with E-state index in [1.807, 2.05) is 32.2 Å². The Hall–Kier alpha value is -2.79. The number of ether oxygens (including phenoxy) is 1. The van der Waals surface area contributed by atoms with Gasteiger partial charge in [0.1, 0.15) is 12.3 Å². The average Bonchev–Trinajstić information content (AvgIpc) is 3.00. The lowest BCUT2D eigenvalue weighted by Crippen LogP contribution is -3.15. The van der Waals surface area contributed by atoms with E-state index in [1.54, 1.807) is 7.11 Å². The standard InChI is InChI=1S/C25H31N3O2/c1-17-7-6-8-22(18(17)2)28-13-11-27(12-14-28)16-24(29)25-19(3)26(4)23-10-9-20(30-5)15-21(23)25/h6-10,15H,11-14,16H2,1-5H3/p+1. The van der Waals surface area contributed by atoms with Gasteiger partial charge in [-0.15, -0.1) is 0 Å². The highest BCUT2D eigenvalue weighted by molar-refractivity contribution is 6.10. The molecule has 0 amide bonds. The number of hydrogen-bond acceptors (Lipinski definition) is 3. The third kappa shape index (κ3) is 3.58. The molecule has 1 aliphatic rings. The first-order valence-corrected chi connectivity index (χ1v) is 10.7. The van der Waals surface area contributed by atoms with Crippen molar-refractivity contribution >= 4 is 22.4 Å². The number of methoxy groups -OCH3 is 1. The van der Waals surface area contributed by atoms with E-state index in [0.29, 0.717) is 6.54 Å². The summed E-state index contributed by atoms with van der Waals surface area (Å²) in [5, 5.41) is 0.993. The summed E-state index contributed by atoms with van der Waals surface area (Å²) in [7, 11) is 3.69. The van der Waals surface area contributed by atoms with E-state index in [1.165, 1.54) is 21.7 Å². The van der Waals surface area contributed by atoms with Crippen LogP contribution < -0.4 is 14.5 Å². The van der Waals surface area contributed by atoms with Crippen LogP contribution in [0.25, 0.3) is 10.9 Å². The zero-order chi connectivity index (χ0) is 21.4. The predicted molar refractivity (Wildman–Crippen MR) is 122 cm³/mol. The van der Waals surface area contributed by atoms with Crippen molar-refractivity contribution in [1.29, 1.82) is 0 Å². The first-order chi connectivity index (χ1) is 14.4. The third-order valence-electron chi connectivity index (χ3n) is 6.78. The van der Waals surface area contributed by atoms with Crippen molar-refractivity contribution in [3.63, 3.8) is 0 Å². The number of rotatable bonds is 5. The molecule has 0 radical (unpaired) electrons. The van der Waals surface area contributed by atoms with Crippen molar-refractivity contribution in [1.82, 2.24) is 4.57 Å². The van der Waals surface area contributed by atoms with Crippen LogP contribution in [0.4, 0.5) is 5.69 Å². The maximum Gasteiger partial charge on any atom is 0.219 e. The number of nitrogens with one attached hydrogen (secondary N) is 1. The molecule has 1 saturated heterocycles. The first-order valence-electron chi connectivity index (χ1n) is 10.7. The molecule has 1 N–H and O–H groups in total. The molecule has 158 valence electrons. The normalized spacial score (nSPS) is 15.0. The van der Waals surface area contributed by atoms with Crippen LogP contribution in [-0.2, 0) is 7.05 Å². The van der Waals surface area contributed by atoms with E-state index >= 15 is 0 Å². The summed E-state index contributed by atoms with van der Waals surface area (Å²) in [6.07, 6.45) is 0. The van der Waals surface area contributed by atoms with Crippen LogP contribution in [0.5, 0.6) is 5.75 Å². The SMILES string of the molecule is COc1ccc2c(c1)c(C(=O)C[NH+]1CCN(c3cccc(C)c3C)CC1)c(C)n2C. The van der Waals surface area contributed by atoms with Gasteiger partial charge < -0.3 is 19.1 Å². The molecule has 0 aliphatic carbocycles. The van der Waals surface area contributed by atoms with Gasteiger partial charge in [-0.1, -0.05) is 12.1 Å². The second-order valence-corrected chi connectivity index (χ2v) is 8.46. The highest BCUT2D eigenvalue weighted by Crippen LogP contribution is 2.29. The molecule has 2 heterocycles. The Bertz CT molecular complexity index is 1090. The van der Waals surface area contributed by atoms with Crippen molar-refractivity contribution in [3.05, 3.63) is 58.8 Å². The minimum absolute atomic E-state index is 0.224. The van der Waals surface area contributed by atoms with Gasteiger partial charge >= 0.3 is 0 Å². The number of benzene rings is 2. The molecule has 2 aromatic carbocycles. The number of piperazine rings is 1. The monoisotopic (exact) mass is 406 g/mol. The number of carbonyl (C=O) groups excluding carboxylic acids is 1. The lowest BCUT2D eigenvalue weighted by atomic mass is 10.0. The number of carbonyl (C=O) groups is 1. The third-order valence-corrected chi connectivity index (χ3v) is 6.78. The van der Waals surface area contributed by atoms with Crippen LogP contribution in [0, 0.1) is 20.8 Å². The number of Topliss-reactive ketones (excluding diaryl/α,β-unsaturated/α-hetero) is 1. The van der Waals surface area contributed by atoms with Gasteiger partial charge in [0.15, 0.2) is 0 Å². The van der Waals surface area contributed by atoms with E-state index in [0.717, 1.165) is 54.1 Å². The Labute approximate surface area is 178 Å². The number of aryl methyl sites for hydroxylation is 2. The Morgan fingerprint density at radius 3 is 2.53 bits per heavy atom. The molecule has 3 aromatic rings. The van der Waals surface area contributed by atoms with Gasteiger partial charge in [0, 0.05) is 29.3 Å². The summed E-state index contributed by atoms with van der Waals surface area (Å²) in [4.78, 5) is 17.1. The van der Waals surface area contributed by atoms with E-state index in [2.05, 4.69) is 41.5 Å². The summed E-state index contributed by atoms with van der Waals surface area (Å²) in [5.41, 5.74) is 6.97. The van der Waals surface area contributed by atoms with Gasteiger partial charge in [-0.2, -0.15) is 0 Å². The lowest BCUT2D eigenvalue weighted by molar-refractivity contribution is -0.892. The van der Waals surface area contributed by atoms with Crippen molar-refractivity contribution in [2.45, 2.75) is 20.8 Å². The summed E-state index contributed by atoms with van der Waals surface area (Å²) < 4.78 is 7.50. The van der Waals surface area contributed by atoms with Crippen LogP contribution in [0.2, 0.25) is 0 Å². The van der Waals surface area contributed by atoms with Gasteiger partial charge in [-0.3, -0.25) is 4.79 Å². The second kappa shape index (κ2) is 8.15. The minimum atomic E-state index is 0.224. The summed E-state index contributed by atoms with van der Waals surface area (Å²) in [5.74, 6) is 1.01.